The second-order valence-electron chi connectivity index (χ2n) is 10.2. The Morgan fingerprint density at radius 3 is 2.51 bits per heavy atom. The van der Waals surface area contributed by atoms with Crippen molar-refractivity contribution in [2.75, 3.05) is 32.1 Å². The van der Waals surface area contributed by atoms with Crippen LogP contribution in [-0.4, -0.2) is 69.4 Å². The van der Waals surface area contributed by atoms with Gasteiger partial charge in [0.05, 0.1) is 24.4 Å². The molecule has 1 aliphatic rings. The lowest BCUT2D eigenvalue weighted by Gasteiger charge is -2.27. The number of likely N-dealkylation sites (N-methyl/N-ethyl adjacent to an activating group) is 1. The molecular formula is C25H31F3N6O3. The largest absolute Gasteiger partial charge is 0.496 e. The number of hydrogen-bond acceptors (Lipinski definition) is 7. The number of amides is 1. The number of fused-ring (bicyclic) bond motifs is 1. The SMILES string of the molecule is COc1cc(C(F)(F)F)cc(C)c1-c1nc2nc(N(C)[C@@H]3CCN(C(=O)OC(C)(C)C)C3)cnc2n1C. The molecule has 200 valence electrons. The van der Waals surface area contributed by atoms with Crippen LogP contribution in [0.5, 0.6) is 5.75 Å². The van der Waals surface area contributed by atoms with Crippen LogP contribution < -0.4 is 9.64 Å². The lowest BCUT2D eigenvalue weighted by Crippen LogP contribution is -2.39. The van der Waals surface area contributed by atoms with Gasteiger partial charge in [-0.1, -0.05) is 0 Å². The van der Waals surface area contributed by atoms with Gasteiger partial charge < -0.3 is 23.8 Å². The van der Waals surface area contributed by atoms with Gasteiger partial charge in [0.2, 0.25) is 0 Å². The van der Waals surface area contributed by atoms with Gasteiger partial charge in [0.1, 0.15) is 23.0 Å². The number of benzene rings is 1. The van der Waals surface area contributed by atoms with E-state index in [-0.39, 0.29) is 17.9 Å². The summed E-state index contributed by atoms with van der Waals surface area (Å²) in [6, 6.07) is 2.06. The van der Waals surface area contributed by atoms with Crippen molar-refractivity contribution in [3.63, 3.8) is 0 Å². The van der Waals surface area contributed by atoms with Crippen molar-refractivity contribution in [3.05, 3.63) is 29.5 Å². The van der Waals surface area contributed by atoms with Crippen LogP contribution in [0.25, 0.3) is 22.7 Å². The lowest BCUT2D eigenvalue weighted by atomic mass is 10.0. The Bertz CT molecular complexity index is 1330. The first-order chi connectivity index (χ1) is 17.2. The van der Waals surface area contributed by atoms with E-state index in [0.29, 0.717) is 47.2 Å². The maximum Gasteiger partial charge on any atom is 0.416 e. The van der Waals surface area contributed by atoms with Gasteiger partial charge in [0, 0.05) is 33.2 Å². The van der Waals surface area contributed by atoms with Crippen LogP contribution in [0.15, 0.2) is 18.3 Å². The third kappa shape index (κ3) is 5.28. The molecule has 0 unspecified atom stereocenters. The number of carbonyl (C=O) groups is 1. The Hall–Kier alpha value is -3.57. The quantitative estimate of drug-likeness (QED) is 0.488. The number of halogens is 3. The summed E-state index contributed by atoms with van der Waals surface area (Å²) in [6.45, 7) is 8.14. The number of hydrogen-bond donors (Lipinski definition) is 0. The van der Waals surface area contributed by atoms with E-state index in [1.165, 1.54) is 7.11 Å². The Balaban J connectivity index is 1.63. The minimum absolute atomic E-state index is 0.0136. The molecule has 0 saturated carbocycles. The summed E-state index contributed by atoms with van der Waals surface area (Å²) in [7, 11) is 4.94. The Kier molecular flexibility index (Phi) is 6.72. The Morgan fingerprint density at radius 2 is 1.89 bits per heavy atom. The van der Waals surface area contributed by atoms with Gasteiger partial charge in [-0.05, 0) is 51.8 Å². The van der Waals surface area contributed by atoms with Gasteiger partial charge in [0.25, 0.3) is 0 Å². The fourth-order valence-electron chi connectivity index (χ4n) is 4.45. The number of anilines is 1. The monoisotopic (exact) mass is 520 g/mol. The molecule has 3 heterocycles. The summed E-state index contributed by atoms with van der Waals surface area (Å²) < 4.78 is 52.4. The second-order valence-corrected chi connectivity index (χ2v) is 10.2. The second kappa shape index (κ2) is 9.38. The minimum Gasteiger partial charge on any atom is -0.496 e. The van der Waals surface area contributed by atoms with Crippen molar-refractivity contribution in [3.8, 4) is 17.1 Å². The number of imidazole rings is 1. The van der Waals surface area contributed by atoms with Crippen molar-refractivity contribution in [1.82, 2.24) is 24.4 Å². The van der Waals surface area contributed by atoms with Crippen LogP contribution in [0.2, 0.25) is 0 Å². The van der Waals surface area contributed by atoms with E-state index < -0.39 is 17.3 Å². The highest BCUT2D eigenvalue weighted by Crippen LogP contribution is 2.39. The zero-order chi connectivity index (χ0) is 27.3. The molecular weight excluding hydrogens is 489 g/mol. The molecule has 0 spiro atoms. The number of ether oxygens (including phenoxy) is 2. The van der Waals surface area contributed by atoms with Crippen LogP contribution >= 0.6 is 0 Å². The van der Waals surface area contributed by atoms with Gasteiger partial charge in [-0.3, -0.25) is 0 Å². The number of aromatic nitrogens is 4. The fourth-order valence-corrected chi connectivity index (χ4v) is 4.45. The molecule has 1 saturated heterocycles. The number of rotatable bonds is 4. The lowest BCUT2D eigenvalue weighted by molar-refractivity contribution is -0.137. The molecule has 4 rings (SSSR count). The van der Waals surface area contributed by atoms with E-state index in [4.69, 9.17) is 9.47 Å². The third-order valence-corrected chi connectivity index (χ3v) is 6.36. The number of alkyl halides is 3. The Labute approximate surface area is 213 Å². The molecule has 37 heavy (non-hydrogen) atoms. The molecule has 12 heteroatoms. The summed E-state index contributed by atoms with van der Waals surface area (Å²) >= 11 is 0. The van der Waals surface area contributed by atoms with E-state index in [2.05, 4.69) is 15.0 Å². The zero-order valence-electron chi connectivity index (χ0n) is 22.0. The van der Waals surface area contributed by atoms with Crippen molar-refractivity contribution < 1.29 is 27.4 Å². The highest BCUT2D eigenvalue weighted by atomic mass is 19.4. The maximum absolute atomic E-state index is 13.3. The van der Waals surface area contributed by atoms with Crippen LogP contribution in [0, 0.1) is 6.92 Å². The van der Waals surface area contributed by atoms with Crippen LogP contribution in [0.1, 0.15) is 38.3 Å². The Morgan fingerprint density at radius 1 is 1.19 bits per heavy atom. The molecule has 2 aromatic heterocycles. The third-order valence-electron chi connectivity index (χ3n) is 6.36. The number of carbonyl (C=O) groups excluding carboxylic acids is 1. The summed E-state index contributed by atoms with van der Waals surface area (Å²) in [5.41, 5.74) is 0.289. The first-order valence-electron chi connectivity index (χ1n) is 11.9. The maximum atomic E-state index is 13.3. The van der Waals surface area contributed by atoms with Crippen LogP contribution in [0.4, 0.5) is 23.8 Å². The molecule has 0 aliphatic carbocycles. The van der Waals surface area contributed by atoms with Crippen molar-refractivity contribution in [1.29, 1.82) is 0 Å². The average Bonchev–Trinajstić information content (AvgIpc) is 3.41. The van der Waals surface area contributed by atoms with E-state index >= 15 is 0 Å². The first-order valence-corrected chi connectivity index (χ1v) is 11.9. The molecule has 1 amide bonds. The van der Waals surface area contributed by atoms with Gasteiger partial charge in [0.15, 0.2) is 11.3 Å². The summed E-state index contributed by atoms with van der Waals surface area (Å²) in [5, 5.41) is 0. The van der Waals surface area contributed by atoms with E-state index in [1.807, 2.05) is 32.7 Å². The van der Waals surface area contributed by atoms with E-state index in [0.717, 1.165) is 18.6 Å². The summed E-state index contributed by atoms with van der Waals surface area (Å²) in [4.78, 5) is 29.9. The predicted octanol–water partition coefficient (Wildman–Crippen LogP) is 4.81. The molecule has 1 aromatic carbocycles. The van der Waals surface area contributed by atoms with Crippen LogP contribution in [-0.2, 0) is 18.0 Å². The average molecular weight is 521 g/mol. The summed E-state index contributed by atoms with van der Waals surface area (Å²) in [5.74, 6) is 1.04. The fraction of sp³-hybridized carbons (Fsp3) is 0.520. The number of likely N-dealkylation sites (tertiary alicyclic amines) is 1. The molecule has 0 N–H and O–H groups in total. The van der Waals surface area contributed by atoms with E-state index in [1.54, 1.807) is 29.6 Å². The van der Waals surface area contributed by atoms with Gasteiger partial charge >= 0.3 is 12.3 Å². The zero-order valence-corrected chi connectivity index (χ0v) is 22.0. The molecule has 0 bridgehead atoms. The molecule has 3 aromatic rings. The van der Waals surface area contributed by atoms with Gasteiger partial charge in [-0.15, -0.1) is 0 Å². The number of aryl methyl sites for hydroxylation is 2. The van der Waals surface area contributed by atoms with Gasteiger partial charge in [-0.25, -0.2) is 19.7 Å². The minimum atomic E-state index is -4.50. The highest BCUT2D eigenvalue weighted by molar-refractivity contribution is 5.79. The topological polar surface area (TPSA) is 85.6 Å². The molecule has 1 atom stereocenters. The summed E-state index contributed by atoms with van der Waals surface area (Å²) in [6.07, 6.45) is -2.48. The van der Waals surface area contributed by atoms with Crippen molar-refractivity contribution in [2.45, 2.75) is 51.9 Å². The van der Waals surface area contributed by atoms with Crippen LogP contribution in [0.3, 0.4) is 0 Å². The normalized spacial score (nSPS) is 16.4. The van der Waals surface area contributed by atoms with E-state index in [9.17, 15) is 18.0 Å². The number of nitrogens with zero attached hydrogens (tertiary/aromatic N) is 6. The number of methoxy groups -OCH3 is 1. The first kappa shape index (κ1) is 26.5. The highest BCUT2D eigenvalue weighted by Gasteiger charge is 2.34. The smallest absolute Gasteiger partial charge is 0.416 e. The molecule has 1 aliphatic heterocycles. The van der Waals surface area contributed by atoms with Crippen molar-refractivity contribution in [2.24, 2.45) is 7.05 Å². The predicted molar refractivity (Wildman–Crippen MR) is 133 cm³/mol. The molecule has 1 fully saturated rings. The van der Waals surface area contributed by atoms with Gasteiger partial charge in [-0.2, -0.15) is 13.2 Å². The molecule has 9 nitrogen and oxygen atoms in total. The standard InChI is InChI=1S/C25H31F3N6O3/c1-14-10-15(25(26,27)28)11-17(36-7)19(14)21-31-20-22(33(21)6)29-12-18(30-20)32(5)16-8-9-34(13-16)23(35)37-24(2,3)4/h10-12,16H,8-9,13H2,1-7H3/t16-/m1/s1. The molecule has 0 radical (unpaired) electrons. The van der Waals surface area contributed by atoms with Crippen molar-refractivity contribution >= 4 is 23.2 Å².